The summed E-state index contributed by atoms with van der Waals surface area (Å²) in [6, 6.07) is 14.7. The van der Waals surface area contributed by atoms with Crippen molar-refractivity contribution in [3.63, 3.8) is 0 Å². The van der Waals surface area contributed by atoms with Crippen LogP contribution in [0.4, 0.5) is 10.5 Å². The first-order valence-corrected chi connectivity index (χ1v) is 10.6. The number of anilines is 1. The Balaban J connectivity index is 1.61. The summed E-state index contributed by atoms with van der Waals surface area (Å²) in [6.45, 7) is 5.73. The van der Waals surface area contributed by atoms with E-state index < -0.39 is 5.41 Å². The molecule has 1 fully saturated rings. The van der Waals surface area contributed by atoms with Gasteiger partial charge in [-0.1, -0.05) is 24.3 Å². The summed E-state index contributed by atoms with van der Waals surface area (Å²) in [5.74, 6) is 1.34. The van der Waals surface area contributed by atoms with Crippen molar-refractivity contribution in [2.45, 2.75) is 33.2 Å². The van der Waals surface area contributed by atoms with Crippen LogP contribution in [0.3, 0.4) is 0 Å². The van der Waals surface area contributed by atoms with Gasteiger partial charge >= 0.3 is 6.03 Å². The van der Waals surface area contributed by atoms with E-state index in [1.165, 1.54) is 0 Å². The van der Waals surface area contributed by atoms with Crippen LogP contribution in [-0.4, -0.2) is 43.6 Å². The third kappa shape index (κ3) is 5.69. The Hall–Kier alpha value is -3.22. The number of carbonyl (C=O) groups excluding carboxylic acids is 2. The fraction of sp³-hybridized carbons (Fsp3) is 0.417. The third-order valence-electron chi connectivity index (χ3n) is 5.55. The minimum atomic E-state index is -0.645. The standard InChI is InChI=1S/C24H31N3O4/c1-4-31-21-12-6-5-11-20(21)26-23(29)27-14-8-13-24(2,17-27)22(28)25-16-18-9-7-10-19(15-18)30-3/h5-7,9-12,15H,4,8,13-14,16-17H2,1-3H3,(H,25,28)(H,26,29)/t24-/m1/s1. The lowest BCUT2D eigenvalue weighted by atomic mass is 9.81. The molecule has 2 N–H and O–H groups in total. The summed E-state index contributed by atoms with van der Waals surface area (Å²) in [4.78, 5) is 27.6. The highest BCUT2D eigenvalue weighted by atomic mass is 16.5. The highest BCUT2D eigenvalue weighted by molar-refractivity contribution is 5.92. The van der Waals surface area contributed by atoms with Gasteiger partial charge in [0.25, 0.3) is 0 Å². The van der Waals surface area contributed by atoms with Gasteiger partial charge in [-0.2, -0.15) is 0 Å². The van der Waals surface area contributed by atoms with Gasteiger partial charge in [-0.3, -0.25) is 4.79 Å². The van der Waals surface area contributed by atoms with Gasteiger partial charge < -0.3 is 25.0 Å². The van der Waals surface area contributed by atoms with Crippen molar-refractivity contribution in [2.75, 3.05) is 32.1 Å². The van der Waals surface area contributed by atoms with E-state index in [9.17, 15) is 9.59 Å². The van der Waals surface area contributed by atoms with Gasteiger partial charge in [-0.15, -0.1) is 0 Å². The number of nitrogens with zero attached hydrogens (tertiary/aromatic N) is 1. The van der Waals surface area contributed by atoms with Gasteiger partial charge in [0.15, 0.2) is 0 Å². The first kappa shape index (κ1) is 22.5. The number of ether oxygens (including phenoxy) is 2. The fourth-order valence-corrected chi connectivity index (χ4v) is 3.82. The van der Waals surface area contributed by atoms with E-state index in [0.717, 1.165) is 24.2 Å². The number of hydrogen-bond acceptors (Lipinski definition) is 4. The maximum absolute atomic E-state index is 13.0. The van der Waals surface area contributed by atoms with E-state index in [1.807, 2.05) is 62.4 Å². The minimum Gasteiger partial charge on any atom is -0.497 e. The molecule has 166 valence electrons. The number of rotatable bonds is 7. The summed E-state index contributed by atoms with van der Waals surface area (Å²) in [6.07, 6.45) is 1.50. The fourth-order valence-electron chi connectivity index (χ4n) is 3.82. The molecule has 1 aliphatic rings. The molecule has 0 unspecified atom stereocenters. The van der Waals surface area contributed by atoms with Gasteiger partial charge in [0.1, 0.15) is 11.5 Å². The van der Waals surface area contributed by atoms with E-state index in [1.54, 1.807) is 12.0 Å². The molecule has 31 heavy (non-hydrogen) atoms. The molecule has 3 rings (SSSR count). The van der Waals surface area contributed by atoms with Crippen molar-refractivity contribution in [1.29, 1.82) is 0 Å². The average Bonchev–Trinajstić information content (AvgIpc) is 2.79. The molecule has 2 aromatic rings. The zero-order chi connectivity index (χ0) is 22.3. The van der Waals surface area contributed by atoms with Gasteiger partial charge in [-0.25, -0.2) is 4.79 Å². The Morgan fingerprint density at radius 2 is 1.97 bits per heavy atom. The summed E-state index contributed by atoms with van der Waals surface area (Å²) in [7, 11) is 1.62. The molecule has 1 atom stereocenters. The van der Waals surface area contributed by atoms with E-state index in [4.69, 9.17) is 9.47 Å². The van der Waals surface area contributed by atoms with Crippen molar-refractivity contribution in [2.24, 2.45) is 5.41 Å². The monoisotopic (exact) mass is 425 g/mol. The summed E-state index contributed by atoms with van der Waals surface area (Å²) in [5, 5.41) is 5.95. The van der Waals surface area contributed by atoms with E-state index in [2.05, 4.69) is 10.6 Å². The van der Waals surface area contributed by atoms with Crippen molar-refractivity contribution in [3.8, 4) is 11.5 Å². The van der Waals surface area contributed by atoms with Crippen LogP contribution >= 0.6 is 0 Å². The largest absolute Gasteiger partial charge is 0.497 e. The lowest BCUT2D eigenvalue weighted by Crippen LogP contribution is -2.52. The van der Waals surface area contributed by atoms with Crippen LogP contribution in [-0.2, 0) is 11.3 Å². The summed E-state index contributed by atoms with van der Waals surface area (Å²) in [5.41, 5.74) is 0.951. The molecule has 7 nitrogen and oxygen atoms in total. The molecule has 1 aliphatic heterocycles. The second kappa shape index (κ2) is 10.2. The van der Waals surface area contributed by atoms with Crippen molar-refractivity contribution in [3.05, 3.63) is 54.1 Å². The van der Waals surface area contributed by atoms with E-state index in [0.29, 0.717) is 37.7 Å². The zero-order valence-corrected chi connectivity index (χ0v) is 18.4. The van der Waals surface area contributed by atoms with Crippen LogP contribution in [0.2, 0.25) is 0 Å². The maximum atomic E-state index is 13.0. The quantitative estimate of drug-likeness (QED) is 0.702. The zero-order valence-electron chi connectivity index (χ0n) is 18.4. The molecule has 0 radical (unpaired) electrons. The normalized spacial score (nSPS) is 18.2. The van der Waals surface area contributed by atoms with Gasteiger partial charge in [0.05, 0.1) is 24.8 Å². The Kier molecular flexibility index (Phi) is 7.39. The van der Waals surface area contributed by atoms with Crippen LogP contribution in [0.25, 0.3) is 0 Å². The number of benzene rings is 2. The topological polar surface area (TPSA) is 79.9 Å². The van der Waals surface area contributed by atoms with Crippen LogP contribution in [0.15, 0.2) is 48.5 Å². The molecule has 0 aromatic heterocycles. The molecular formula is C24H31N3O4. The number of urea groups is 1. The van der Waals surface area contributed by atoms with Gasteiger partial charge in [0, 0.05) is 19.6 Å². The summed E-state index contributed by atoms with van der Waals surface area (Å²) >= 11 is 0. The maximum Gasteiger partial charge on any atom is 0.321 e. The molecule has 0 bridgehead atoms. The molecule has 2 aromatic carbocycles. The smallest absolute Gasteiger partial charge is 0.321 e. The van der Waals surface area contributed by atoms with Crippen molar-refractivity contribution < 1.29 is 19.1 Å². The first-order chi connectivity index (χ1) is 14.9. The highest BCUT2D eigenvalue weighted by Gasteiger charge is 2.39. The molecule has 3 amide bonds. The third-order valence-corrected chi connectivity index (χ3v) is 5.55. The lowest BCUT2D eigenvalue weighted by molar-refractivity contribution is -0.132. The van der Waals surface area contributed by atoms with Crippen LogP contribution in [0.5, 0.6) is 11.5 Å². The average molecular weight is 426 g/mol. The van der Waals surface area contributed by atoms with Crippen LogP contribution in [0, 0.1) is 5.41 Å². The number of amides is 3. The lowest BCUT2D eigenvalue weighted by Gasteiger charge is -2.39. The predicted molar refractivity (Wildman–Crippen MR) is 120 cm³/mol. The first-order valence-electron chi connectivity index (χ1n) is 10.6. The highest BCUT2D eigenvalue weighted by Crippen LogP contribution is 2.31. The number of methoxy groups -OCH3 is 1. The SMILES string of the molecule is CCOc1ccccc1NC(=O)N1CCC[C@@](C)(C(=O)NCc2cccc(OC)c2)C1. The molecule has 7 heteroatoms. The number of hydrogen-bond donors (Lipinski definition) is 2. The molecule has 0 aliphatic carbocycles. The molecule has 0 saturated carbocycles. The number of piperidine rings is 1. The van der Waals surface area contributed by atoms with Gasteiger partial charge in [0.2, 0.25) is 5.91 Å². The Labute approximate surface area is 183 Å². The Morgan fingerprint density at radius 1 is 1.16 bits per heavy atom. The second-order valence-electron chi connectivity index (χ2n) is 7.98. The second-order valence-corrected chi connectivity index (χ2v) is 7.98. The predicted octanol–water partition coefficient (Wildman–Crippen LogP) is 4.04. The van der Waals surface area contributed by atoms with Crippen molar-refractivity contribution >= 4 is 17.6 Å². The van der Waals surface area contributed by atoms with Crippen molar-refractivity contribution in [1.82, 2.24) is 10.2 Å². The molecule has 1 saturated heterocycles. The van der Waals surface area contributed by atoms with Gasteiger partial charge in [-0.05, 0) is 56.5 Å². The molecule has 0 spiro atoms. The molecule has 1 heterocycles. The summed E-state index contributed by atoms with van der Waals surface area (Å²) < 4.78 is 10.8. The minimum absolute atomic E-state index is 0.0532. The van der Waals surface area contributed by atoms with E-state index >= 15 is 0 Å². The van der Waals surface area contributed by atoms with Crippen LogP contribution in [0.1, 0.15) is 32.3 Å². The van der Waals surface area contributed by atoms with E-state index in [-0.39, 0.29) is 11.9 Å². The number of likely N-dealkylation sites (tertiary alicyclic amines) is 1. The molecular weight excluding hydrogens is 394 g/mol. The number of carbonyl (C=O) groups is 2. The Bertz CT molecular complexity index is 917. The Morgan fingerprint density at radius 3 is 2.74 bits per heavy atom. The number of nitrogens with one attached hydrogen (secondary N) is 2. The van der Waals surface area contributed by atoms with Crippen LogP contribution < -0.4 is 20.1 Å². The number of para-hydroxylation sites is 2.